The molecular formula is C11H13FO5S. The van der Waals surface area contributed by atoms with Crippen molar-refractivity contribution in [1.82, 2.24) is 0 Å². The topological polar surface area (TPSA) is 80.7 Å². The van der Waals surface area contributed by atoms with Crippen LogP contribution in [0.3, 0.4) is 0 Å². The molecule has 18 heavy (non-hydrogen) atoms. The third-order valence-electron chi connectivity index (χ3n) is 2.43. The normalized spacial score (nSPS) is 13.3. The van der Waals surface area contributed by atoms with Crippen LogP contribution in [-0.2, 0) is 14.6 Å². The largest absolute Gasteiger partial charge is 0.478 e. The highest BCUT2D eigenvalue weighted by Gasteiger charge is 2.25. The van der Waals surface area contributed by atoms with Crippen LogP contribution in [0, 0.1) is 5.82 Å². The van der Waals surface area contributed by atoms with E-state index in [2.05, 4.69) is 0 Å². The first-order valence-electron chi connectivity index (χ1n) is 5.06. The molecule has 0 aliphatic carbocycles. The van der Waals surface area contributed by atoms with Crippen LogP contribution in [0.5, 0.6) is 0 Å². The summed E-state index contributed by atoms with van der Waals surface area (Å²) in [5, 5.41) is 7.90. The van der Waals surface area contributed by atoms with E-state index in [9.17, 15) is 17.6 Å². The molecule has 100 valence electrons. The van der Waals surface area contributed by atoms with Crippen molar-refractivity contribution in [2.24, 2.45) is 0 Å². The highest BCUT2D eigenvalue weighted by molar-refractivity contribution is 7.92. The molecule has 0 heterocycles. The molecule has 0 aliphatic heterocycles. The molecule has 1 atom stereocenters. The smallest absolute Gasteiger partial charge is 0.338 e. The van der Waals surface area contributed by atoms with Gasteiger partial charge in [-0.3, -0.25) is 0 Å². The quantitative estimate of drug-likeness (QED) is 0.821. The number of ether oxygens (including phenoxy) is 1. The molecule has 1 unspecified atom stereocenters. The Bertz CT molecular complexity index is 553. The Hall–Kier alpha value is -1.47. The minimum atomic E-state index is -3.73. The summed E-state index contributed by atoms with van der Waals surface area (Å²) < 4.78 is 41.9. The predicted octanol–water partition coefficient (Wildman–Crippen LogP) is 1.33. The molecule has 1 aromatic rings. The third-order valence-corrected chi connectivity index (χ3v) is 4.53. The molecule has 0 aromatic heterocycles. The molecular weight excluding hydrogens is 263 g/mol. The fourth-order valence-electron chi connectivity index (χ4n) is 1.40. The van der Waals surface area contributed by atoms with Crippen molar-refractivity contribution >= 4 is 15.8 Å². The molecule has 0 saturated carbocycles. The average Bonchev–Trinajstić information content (AvgIpc) is 2.29. The zero-order valence-electron chi connectivity index (χ0n) is 9.88. The summed E-state index contributed by atoms with van der Waals surface area (Å²) in [5.41, 5.74) is -0.666. The molecule has 7 heteroatoms. The van der Waals surface area contributed by atoms with Gasteiger partial charge in [-0.05, 0) is 25.1 Å². The average molecular weight is 276 g/mol. The predicted molar refractivity (Wildman–Crippen MR) is 61.9 cm³/mol. The Labute approximate surface area is 104 Å². The van der Waals surface area contributed by atoms with Crippen molar-refractivity contribution in [3.8, 4) is 0 Å². The van der Waals surface area contributed by atoms with E-state index in [0.717, 1.165) is 18.2 Å². The number of carboxylic acids is 1. The minimum Gasteiger partial charge on any atom is -0.478 e. The van der Waals surface area contributed by atoms with Crippen LogP contribution < -0.4 is 0 Å². The molecule has 0 fully saturated rings. The van der Waals surface area contributed by atoms with Gasteiger partial charge in [-0.15, -0.1) is 0 Å². The highest BCUT2D eigenvalue weighted by Crippen LogP contribution is 2.19. The molecule has 0 saturated heterocycles. The van der Waals surface area contributed by atoms with E-state index in [1.807, 2.05) is 0 Å². The second-order valence-electron chi connectivity index (χ2n) is 3.76. The fourth-order valence-corrected chi connectivity index (χ4v) is 2.72. The highest BCUT2D eigenvalue weighted by atomic mass is 32.2. The van der Waals surface area contributed by atoms with Crippen LogP contribution >= 0.6 is 0 Å². The standard InChI is InChI=1S/C11H13FO5S/c1-7(6-17-2)18(15,16)8-3-4-10(12)9(5-8)11(13)14/h3-5,7H,6H2,1-2H3,(H,13,14). The zero-order chi connectivity index (χ0) is 13.9. The van der Waals surface area contributed by atoms with Gasteiger partial charge >= 0.3 is 5.97 Å². The fraction of sp³-hybridized carbons (Fsp3) is 0.364. The first-order chi connectivity index (χ1) is 8.30. The Morgan fingerprint density at radius 1 is 1.50 bits per heavy atom. The second-order valence-corrected chi connectivity index (χ2v) is 6.12. The molecule has 0 spiro atoms. The summed E-state index contributed by atoms with van der Waals surface area (Å²) >= 11 is 0. The molecule has 1 rings (SSSR count). The summed E-state index contributed by atoms with van der Waals surface area (Å²) in [4.78, 5) is 10.5. The first-order valence-corrected chi connectivity index (χ1v) is 6.61. The van der Waals surface area contributed by atoms with Gasteiger partial charge in [0, 0.05) is 7.11 Å². The van der Waals surface area contributed by atoms with E-state index in [4.69, 9.17) is 9.84 Å². The molecule has 0 bridgehead atoms. The van der Waals surface area contributed by atoms with Crippen LogP contribution in [0.4, 0.5) is 4.39 Å². The first kappa shape index (κ1) is 14.6. The maximum Gasteiger partial charge on any atom is 0.338 e. The summed E-state index contributed by atoms with van der Waals surface area (Å²) in [6.45, 7) is 1.41. The van der Waals surface area contributed by atoms with Crippen LogP contribution in [-0.4, -0.2) is 38.5 Å². The molecule has 0 aliphatic rings. The van der Waals surface area contributed by atoms with E-state index in [0.29, 0.717) is 0 Å². The van der Waals surface area contributed by atoms with Gasteiger partial charge in [0.15, 0.2) is 9.84 Å². The zero-order valence-corrected chi connectivity index (χ0v) is 10.7. The lowest BCUT2D eigenvalue weighted by molar-refractivity contribution is 0.0691. The maximum absolute atomic E-state index is 13.2. The lowest BCUT2D eigenvalue weighted by Crippen LogP contribution is -2.23. The van der Waals surface area contributed by atoms with E-state index in [1.165, 1.54) is 14.0 Å². The van der Waals surface area contributed by atoms with Crippen LogP contribution in [0.2, 0.25) is 0 Å². The Morgan fingerprint density at radius 3 is 2.61 bits per heavy atom. The van der Waals surface area contributed by atoms with Crippen molar-refractivity contribution in [2.45, 2.75) is 17.1 Å². The number of carbonyl (C=O) groups is 1. The van der Waals surface area contributed by atoms with Gasteiger partial charge in [0.25, 0.3) is 0 Å². The number of halogens is 1. The Kier molecular flexibility index (Phi) is 4.42. The SMILES string of the molecule is COCC(C)S(=O)(=O)c1ccc(F)c(C(=O)O)c1. The molecule has 5 nitrogen and oxygen atoms in total. The number of sulfone groups is 1. The van der Waals surface area contributed by atoms with E-state index in [1.54, 1.807) is 0 Å². The number of hydrogen-bond acceptors (Lipinski definition) is 4. The van der Waals surface area contributed by atoms with Crippen LogP contribution in [0.15, 0.2) is 23.1 Å². The van der Waals surface area contributed by atoms with Crippen LogP contribution in [0.25, 0.3) is 0 Å². The van der Waals surface area contributed by atoms with Gasteiger partial charge in [-0.1, -0.05) is 0 Å². The molecule has 1 aromatic carbocycles. The monoisotopic (exact) mass is 276 g/mol. The Morgan fingerprint density at radius 2 is 2.11 bits per heavy atom. The van der Waals surface area contributed by atoms with Gasteiger partial charge in [0.05, 0.1) is 22.3 Å². The number of benzene rings is 1. The van der Waals surface area contributed by atoms with Gasteiger partial charge in [-0.2, -0.15) is 0 Å². The van der Waals surface area contributed by atoms with Gasteiger partial charge < -0.3 is 9.84 Å². The van der Waals surface area contributed by atoms with Gasteiger partial charge in [0.2, 0.25) is 0 Å². The van der Waals surface area contributed by atoms with E-state index < -0.39 is 32.4 Å². The molecule has 0 amide bonds. The van der Waals surface area contributed by atoms with Crippen molar-refractivity contribution in [3.05, 3.63) is 29.6 Å². The Balaban J connectivity index is 3.26. The number of hydrogen-bond donors (Lipinski definition) is 1. The lowest BCUT2D eigenvalue weighted by atomic mass is 10.2. The van der Waals surface area contributed by atoms with Crippen molar-refractivity contribution in [3.63, 3.8) is 0 Å². The molecule has 0 radical (unpaired) electrons. The van der Waals surface area contributed by atoms with E-state index >= 15 is 0 Å². The number of aromatic carboxylic acids is 1. The summed E-state index contributed by atoms with van der Waals surface area (Å²) in [7, 11) is -2.37. The van der Waals surface area contributed by atoms with Crippen molar-refractivity contribution in [2.75, 3.05) is 13.7 Å². The number of carboxylic acid groups (broad SMARTS) is 1. The summed E-state index contributed by atoms with van der Waals surface area (Å²) in [6.07, 6.45) is 0. The number of rotatable bonds is 5. The second kappa shape index (κ2) is 5.45. The van der Waals surface area contributed by atoms with Crippen molar-refractivity contribution < 1.29 is 27.4 Å². The number of methoxy groups -OCH3 is 1. The lowest BCUT2D eigenvalue weighted by Gasteiger charge is -2.12. The maximum atomic E-state index is 13.2. The van der Waals surface area contributed by atoms with Gasteiger partial charge in [0.1, 0.15) is 5.82 Å². The minimum absolute atomic E-state index is 0.0257. The third kappa shape index (κ3) is 2.85. The molecule has 1 N–H and O–H groups in total. The van der Waals surface area contributed by atoms with Crippen LogP contribution in [0.1, 0.15) is 17.3 Å². The summed E-state index contributed by atoms with van der Waals surface area (Å²) in [5.74, 6) is -2.48. The van der Waals surface area contributed by atoms with Crippen molar-refractivity contribution in [1.29, 1.82) is 0 Å². The summed E-state index contributed by atoms with van der Waals surface area (Å²) in [6, 6.07) is 2.69. The van der Waals surface area contributed by atoms with E-state index in [-0.39, 0.29) is 11.5 Å². The van der Waals surface area contributed by atoms with Gasteiger partial charge in [-0.25, -0.2) is 17.6 Å².